The molecule has 0 radical (unpaired) electrons. The number of nitrogens with one attached hydrogen (secondary N) is 4. The summed E-state index contributed by atoms with van der Waals surface area (Å²) in [5.74, 6) is 4.01. The number of nitrogen functional groups attached to an aromatic ring is 1. The highest BCUT2D eigenvalue weighted by molar-refractivity contribution is 6.30. The molecule has 168 valence electrons. The van der Waals surface area contributed by atoms with Crippen molar-refractivity contribution >= 4 is 35.1 Å². The molecule has 1 aliphatic heterocycles. The monoisotopic (exact) mass is 459 g/mol. The molecular weight excluding hydrogens is 436 g/mol. The van der Waals surface area contributed by atoms with Crippen molar-refractivity contribution in [3.05, 3.63) is 87.9 Å². The molecule has 3 aromatic rings. The van der Waals surface area contributed by atoms with Gasteiger partial charge in [-0.05, 0) is 48.4 Å². The van der Waals surface area contributed by atoms with E-state index < -0.39 is 11.6 Å². The van der Waals surface area contributed by atoms with Crippen LogP contribution in [-0.4, -0.2) is 12.6 Å². The van der Waals surface area contributed by atoms with Crippen molar-refractivity contribution in [1.82, 2.24) is 5.32 Å². The van der Waals surface area contributed by atoms with Crippen molar-refractivity contribution in [2.75, 3.05) is 16.1 Å². The van der Waals surface area contributed by atoms with Crippen LogP contribution in [-0.2, 0) is 17.8 Å². The number of hydrogen-bond donors (Lipinski definition) is 5. The lowest BCUT2D eigenvalue weighted by atomic mass is 10.1. The molecule has 1 atom stereocenters. The minimum absolute atomic E-state index is 0.00940. The maximum Gasteiger partial charge on any atom is 0.207 e. The van der Waals surface area contributed by atoms with Crippen LogP contribution in [0.25, 0.3) is 0 Å². The number of hydrazine groups is 1. The smallest absolute Gasteiger partial charge is 0.207 e. The van der Waals surface area contributed by atoms with Crippen molar-refractivity contribution in [3.8, 4) is 0 Å². The van der Waals surface area contributed by atoms with Crippen LogP contribution in [0.5, 0.6) is 0 Å². The predicted octanol–water partition coefficient (Wildman–Crippen LogP) is 4.55. The minimum atomic E-state index is -0.764. The van der Waals surface area contributed by atoms with Gasteiger partial charge >= 0.3 is 0 Å². The number of benzene rings is 3. The van der Waals surface area contributed by atoms with Crippen LogP contribution in [0.2, 0.25) is 5.02 Å². The Bertz CT molecular complexity index is 1070. The van der Waals surface area contributed by atoms with Gasteiger partial charge in [-0.1, -0.05) is 35.9 Å². The molecule has 6 N–H and O–H groups in total. The van der Waals surface area contributed by atoms with Gasteiger partial charge in [0.1, 0.15) is 17.8 Å². The highest BCUT2D eigenvalue weighted by Crippen LogP contribution is 2.31. The summed E-state index contributed by atoms with van der Waals surface area (Å²) in [6, 6.07) is 16.5. The third-order valence-electron chi connectivity index (χ3n) is 4.90. The van der Waals surface area contributed by atoms with Gasteiger partial charge < -0.3 is 21.4 Å². The number of hydrogen-bond acceptors (Lipinski definition) is 5. The Labute approximate surface area is 190 Å². The van der Waals surface area contributed by atoms with E-state index in [1.165, 1.54) is 16.8 Å². The van der Waals surface area contributed by atoms with Crippen molar-refractivity contribution in [3.63, 3.8) is 0 Å². The number of anilines is 3. The summed E-state index contributed by atoms with van der Waals surface area (Å²) in [4.78, 5) is 9.89. The fourth-order valence-corrected chi connectivity index (χ4v) is 3.55. The van der Waals surface area contributed by atoms with Crippen molar-refractivity contribution in [1.29, 1.82) is 0 Å². The van der Waals surface area contributed by atoms with Gasteiger partial charge in [0.2, 0.25) is 6.41 Å². The summed E-state index contributed by atoms with van der Waals surface area (Å²) in [7, 11) is 0. The molecule has 4 rings (SSSR count). The second-order valence-corrected chi connectivity index (χ2v) is 7.68. The zero-order valence-electron chi connectivity index (χ0n) is 17.4. The summed E-state index contributed by atoms with van der Waals surface area (Å²) in [6.45, 7) is 1.92. The summed E-state index contributed by atoms with van der Waals surface area (Å²) in [6.07, 6.45) is 1.44. The Kier molecular flexibility index (Phi) is 7.86. The maximum absolute atomic E-state index is 13.0. The largest absolute Gasteiger partial charge is 0.363 e. The number of nitrogens with two attached hydrogens (primary N) is 1. The quantitative estimate of drug-likeness (QED) is 0.212. The Hall–Kier alpha value is -3.36. The zero-order valence-corrected chi connectivity index (χ0v) is 18.1. The molecule has 6 nitrogen and oxygen atoms in total. The molecule has 0 bridgehead atoms. The SMILES string of the molecule is Cc1ccc2c(c1)NC(Cc1ccccc1NN)N2.O=CNCc1c(F)cc(Cl)cc1F. The third kappa shape index (κ3) is 5.87. The number of halogens is 3. The van der Waals surface area contributed by atoms with Crippen LogP contribution < -0.4 is 27.2 Å². The number of carbonyl (C=O) groups is 1. The molecule has 1 unspecified atom stereocenters. The van der Waals surface area contributed by atoms with Crippen LogP contribution in [0.3, 0.4) is 0 Å². The van der Waals surface area contributed by atoms with E-state index in [2.05, 4.69) is 52.6 Å². The van der Waals surface area contributed by atoms with E-state index >= 15 is 0 Å². The lowest BCUT2D eigenvalue weighted by Gasteiger charge is -2.15. The number of amides is 1. The predicted molar refractivity (Wildman–Crippen MR) is 124 cm³/mol. The maximum atomic E-state index is 13.0. The summed E-state index contributed by atoms with van der Waals surface area (Å²) >= 11 is 5.39. The standard InChI is InChI=1S/C15H18N4.C8H6ClF2NO/c1-10-6-7-13-14(8-10)18-15(17-13)9-11-4-2-3-5-12(11)19-16;9-5-1-7(10)6(3-12-4-13)8(11)2-5/h2-8,15,17-19H,9,16H2,1H3;1-2,4H,3H2,(H,12,13). The molecule has 1 amide bonds. The lowest BCUT2D eigenvalue weighted by molar-refractivity contribution is -0.109. The first kappa shape index (κ1) is 23.3. The first-order valence-corrected chi connectivity index (χ1v) is 10.3. The van der Waals surface area contributed by atoms with E-state index in [1.54, 1.807) is 0 Å². The van der Waals surface area contributed by atoms with Crippen LogP contribution in [0, 0.1) is 18.6 Å². The molecule has 0 saturated heterocycles. The van der Waals surface area contributed by atoms with Gasteiger partial charge in [-0.2, -0.15) is 0 Å². The summed E-state index contributed by atoms with van der Waals surface area (Å²) < 4.78 is 25.9. The molecule has 3 aromatic carbocycles. The molecular formula is C23H24ClF2N5O. The fourth-order valence-electron chi connectivity index (χ4n) is 3.36. The Morgan fingerprint density at radius 3 is 2.44 bits per heavy atom. The van der Waals surface area contributed by atoms with Crippen molar-refractivity contribution < 1.29 is 13.6 Å². The zero-order chi connectivity index (χ0) is 23.1. The van der Waals surface area contributed by atoms with Gasteiger partial charge in [-0.25, -0.2) is 8.78 Å². The van der Waals surface area contributed by atoms with Crippen LogP contribution >= 0.6 is 11.6 Å². The summed E-state index contributed by atoms with van der Waals surface area (Å²) in [5.41, 5.74) is 8.30. The highest BCUT2D eigenvalue weighted by atomic mass is 35.5. The number of carbonyl (C=O) groups excluding carboxylic acids is 1. The first-order valence-electron chi connectivity index (χ1n) is 9.90. The molecule has 0 fully saturated rings. The lowest BCUT2D eigenvalue weighted by Crippen LogP contribution is -2.25. The van der Waals surface area contributed by atoms with E-state index in [1.807, 2.05) is 18.2 Å². The van der Waals surface area contributed by atoms with Gasteiger partial charge in [-0.3, -0.25) is 10.6 Å². The molecule has 1 aliphatic rings. The molecule has 0 saturated carbocycles. The van der Waals surface area contributed by atoms with E-state index in [-0.39, 0.29) is 23.3 Å². The minimum Gasteiger partial charge on any atom is -0.363 e. The normalized spacial score (nSPS) is 13.7. The van der Waals surface area contributed by atoms with E-state index in [4.69, 9.17) is 17.4 Å². The van der Waals surface area contributed by atoms with Gasteiger partial charge in [0.25, 0.3) is 0 Å². The van der Waals surface area contributed by atoms with Crippen LogP contribution in [0.1, 0.15) is 16.7 Å². The molecule has 9 heteroatoms. The molecule has 32 heavy (non-hydrogen) atoms. The van der Waals surface area contributed by atoms with E-state index in [9.17, 15) is 13.6 Å². The highest BCUT2D eigenvalue weighted by Gasteiger charge is 2.20. The van der Waals surface area contributed by atoms with E-state index in [0.717, 1.165) is 29.9 Å². The molecule has 0 aliphatic carbocycles. The Morgan fingerprint density at radius 1 is 1.06 bits per heavy atom. The number of rotatable bonds is 6. The second kappa shape index (κ2) is 10.8. The topological polar surface area (TPSA) is 91.2 Å². The Morgan fingerprint density at radius 2 is 1.75 bits per heavy atom. The average molecular weight is 460 g/mol. The second-order valence-electron chi connectivity index (χ2n) is 7.24. The molecule has 1 heterocycles. The van der Waals surface area contributed by atoms with Gasteiger partial charge in [0, 0.05) is 23.6 Å². The van der Waals surface area contributed by atoms with E-state index in [0.29, 0.717) is 6.41 Å². The molecule has 0 aromatic heterocycles. The van der Waals surface area contributed by atoms with Gasteiger partial charge in [0.15, 0.2) is 0 Å². The number of aryl methyl sites for hydroxylation is 1. The number of para-hydroxylation sites is 1. The van der Waals surface area contributed by atoms with Crippen LogP contribution in [0.4, 0.5) is 25.8 Å². The average Bonchev–Trinajstić information content (AvgIpc) is 3.15. The van der Waals surface area contributed by atoms with Crippen molar-refractivity contribution in [2.45, 2.75) is 26.1 Å². The molecule has 0 spiro atoms. The number of fused-ring (bicyclic) bond motifs is 1. The first-order chi connectivity index (χ1) is 15.4. The third-order valence-corrected chi connectivity index (χ3v) is 5.12. The van der Waals surface area contributed by atoms with Gasteiger partial charge in [-0.15, -0.1) is 0 Å². The fraction of sp³-hybridized carbons (Fsp3) is 0.174. The summed E-state index contributed by atoms with van der Waals surface area (Å²) in [5, 5.41) is 9.13. The van der Waals surface area contributed by atoms with Gasteiger partial charge in [0.05, 0.1) is 17.1 Å². The Balaban J connectivity index is 0.000000195. The van der Waals surface area contributed by atoms with Crippen LogP contribution in [0.15, 0.2) is 54.6 Å². The van der Waals surface area contributed by atoms with Crippen molar-refractivity contribution in [2.24, 2.45) is 5.84 Å².